The number of primary sulfonamides is 1. The van der Waals surface area contributed by atoms with Crippen LogP contribution in [0.4, 0.5) is 0 Å². The summed E-state index contributed by atoms with van der Waals surface area (Å²) in [6, 6.07) is 3.03. The molecule has 0 aliphatic rings. The summed E-state index contributed by atoms with van der Waals surface area (Å²) in [7, 11) is -3.63. The third-order valence-electron chi connectivity index (χ3n) is 1.18. The fourth-order valence-corrected chi connectivity index (χ4v) is 1.08. The molecule has 2 N–H and O–H groups in total. The Balaban J connectivity index is 0.00000121. The number of sulfonamides is 1. The van der Waals surface area contributed by atoms with E-state index in [1.165, 1.54) is 12.3 Å². The average molecular weight is 211 g/mol. The van der Waals surface area contributed by atoms with Gasteiger partial charge in [-0.05, 0) is 18.6 Å². The van der Waals surface area contributed by atoms with Crippen LogP contribution in [-0.4, -0.2) is 64.8 Å². The summed E-state index contributed by atoms with van der Waals surface area (Å²) in [6.45, 7) is 1.82. The predicted molar refractivity (Wildman–Crippen MR) is 46.1 cm³/mol. The van der Waals surface area contributed by atoms with E-state index in [-0.39, 0.29) is 56.4 Å². The number of nitrogens with two attached hydrogens (primary N) is 1. The fraction of sp³-hybridized carbons (Fsp3) is 0.167. The normalized spacial score (nSPS) is 10.5. The molecule has 12 heavy (non-hydrogen) atoms. The number of hydrogen-bond donors (Lipinski definition) is 1. The summed E-state index contributed by atoms with van der Waals surface area (Å²) < 4.78 is 21.3. The van der Waals surface area contributed by atoms with E-state index in [1.807, 2.05) is 6.92 Å². The Morgan fingerprint density at radius 2 is 2.00 bits per heavy atom. The van der Waals surface area contributed by atoms with Gasteiger partial charge in [0.25, 0.3) is 10.0 Å². The first-order valence-electron chi connectivity index (χ1n) is 2.95. The first-order chi connectivity index (χ1) is 5.00. The van der Waals surface area contributed by atoms with Gasteiger partial charge in [0.05, 0.1) is 0 Å². The molecule has 0 aliphatic heterocycles. The van der Waals surface area contributed by atoms with Crippen LogP contribution in [0.5, 0.6) is 0 Å². The number of aromatic nitrogens is 1. The molecule has 0 spiro atoms. The zero-order valence-corrected chi connectivity index (χ0v) is 10.9. The maximum absolute atomic E-state index is 10.7. The van der Waals surface area contributed by atoms with Gasteiger partial charge in [0.15, 0.2) is 5.03 Å². The number of nitrogens with zero attached hydrogens (tertiary/aromatic N) is 1. The van der Waals surface area contributed by atoms with Crippen molar-refractivity contribution in [2.24, 2.45) is 5.14 Å². The van der Waals surface area contributed by atoms with Crippen LogP contribution in [0.15, 0.2) is 23.4 Å². The topological polar surface area (TPSA) is 73.1 Å². The molecule has 1 rings (SSSR count). The molecule has 0 bridgehead atoms. The van der Waals surface area contributed by atoms with Crippen molar-refractivity contribution in [3.63, 3.8) is 0 Å². The molecule has 0 atom stereocenters. The zero-order valence-electron chi connectivity index (χ0n) is 6.98. The molecular weight excluding hydrogens is 203 g/mol. The molecule has 6 heteroatoms. The van der Waals surface area contributed by atoms with Crippen LogP contribution in [0.2, 0.25) is 0 Å². The molecule has 1 radical (unpaired) electrons. The van der Waals surface area contributed by atoms with Crippen LogP contribution in [0.25, 0.3) is 0 Å². The fourth-order valence-electron chi connectivity index (χ4n) is 0.623. The van der Waals surface area contributed by atoms with E-state index in [2.05, 4.69) is 4.98 Å². The van der Waals surface area contributed by atoms with Crippen LogP contribution in [0.3, 0.4) is 0 Å². The Labute approximate surface area is 114 Å². The molecule has 1 aromatic rings. The Morgan fingerprint density at radius 3 is 2.33 bits per heavy atom. The number of rotatable bonds is 1. The number of hydrogen-bond acceptors (Lipinski definition) is 3. The van der Waals surface area contributed by atoms with Gasteiger partial charge in [-0.2, -0.15) is 0 Å². The van der Waals surface area contributed by atoms with E-state index in [0.29, 0.717) is 0 Å². The van der Waals surface area contributed by atoms with E-state index in [9.17, 15) is 8.42 Å². The van der Waals surface area contributed by atoms with Gasteiger partial charge in [-0.15, -0.1) is 0 Å². The van der Waals surface area contributed by atoms with Crippen LogP contribution < -0.4 is 5.14 Å². The second kappa shape index (κ2) is 4.80. The monoisotopic (exact) mass is 211 g/mol. The third kappa shape index (κ3) is 3.61. The summed E-state index contributed by atoms with van der Waals surface area (Å²) in [4.78, 5) is 3.64. The molecule has 0 amide bonds. The summed E-state index contributed by atoms with van der Waals surface area (Å²) >= 11 is 0. The summed E-state index contributed by atoms with van der Waals surface area (Å²) in [6.07, 6.45) is 1.46. The van der Waals surface area contributed by atoms with Gasteiger partial charge in [0.2, 0.25) is 0 Å². The molecule has 61 valence electrons. The van der Waals surface area contributed by atoms with Crippen molar-refractivity contribution in [2.75, 3.05) is 0 Å². The molecule has 0 aliphatic carbocycles. The first-order valence-corrected chi connectivity index (χ1v) is 4.50. The third-order valence-corrected chi connectivity index (χ3v) is 2.00. The minimum atomic E-state index is -3.63. The van der Waals surface area contributed by atoms with E-state index in [1.54, 1.807) is 6.07 Å². The van der Waals surface area contributed by atoms with Gasteiger partial charge < -0.3 is 0 Å². The van der Waals surface area contributed by atoms with Crippen molar-refractivity contribution >= 4 is 61.4 Å². The van der Waals surface area contributed by atoms with Crippen molar-refractivity contribution < 1.29 is 8.42 Å². The van der Waals surface area contributed by atoms with Gasteiger partial charge in [0, 0.05) is 57.6 Å². The van der Waals surface area contributed by atoms with Crippen molar-refractivity contribution in [3.8, 4) is 0 Å². The Bertz CT molecular complexity index is 346. The minimum absolute atomic E-state index is 0. The first kappa shape index (κ1) is 12.7. The van der Waals surface area contributed by atoms with Gasteiger partial charge in [-0.3, -0.25) is 0 Å². The molecule has 0 fully saturated rings. The quantitative estimate of drug-likeness (QED) is 0.646. The molecular formula is C6H8KN2O2S. The van der Waals surface area contributed by atoms with Gasteiger partial charge in [0.1, 0.15) is 0 Å². The molecule has 1 heterocycles. The smallest absolute Gasteiger partial charge is 0.243 e. The SMILES string of the molecule is Cc1ccc(S(N)(=O)=O)nc1.[K]. The van der Waals surface area contributed by atoms with Crippen LogP contribution in [-0.2, 0) is 10.0 Å². The Kier molecular flexibility index (Phi) is 5.08. The maximum atomic E-state index is 10.7. The number of aryl methyl sites for hydroxylation is 1. The standard InChI is InChI=1S/C6H8N2O2S.K/c1-5-2-3-6(8-4-5)11(7,9)10;/h2-4H,1H3,(H2,7,9,10);. The van der Waals surface area contributed by atoms with Crippen molar-refractivity contribution in [2.45, 2.75) is 11.9 Å². The van der Waals surface area contributed by atoms with Crippen LogP contribution >= 0.6 is 0 Å². The summed E-state index contributed by atoms with van der Waals surface area (Å²) in [5.74, 6) is 0. The van der Waals surface area contributed by atoms with Gasteiger partial charge in [-0.25, -0.2) is 18.5 Å². The van der Waals surface area contributed by atoms with E-state index < -0.39 is 10.0 Å². The van der Waals surface area contributed by atoms with Crippen molar-refractivity contribution in [1.29, 1.82) is 0 Å². The van der Waals surface area contributed by atoms with Crippen LogP contribution in [0.1, 0.15) is 5.56 Å². The van der Waals surface area contributed by atoms with Crippen molar-refractivity contribution in [3.05, 3.63) is 23.9 Å². The molecule has 0 unspecified atom stereocenters. The maximum Gasteiger partial charge on any atom is 0.255 e. The molecule has 0 saturated heterocycles. The van der Waals surface area contributed by atoms with Crippen molar-refractivity contribution in [1.82, 2.24) is 4.98 Å². The minimum Gasteiger partial charge on any atom is -0.243 e. The summed E-state index contributed by atoms with van der Waals surface area (Å²) in [5, 5.41) is 4.72. The Morgan fingerprint density at radius 1 is 1.42 bits per heavy atom. The zero-order chi connectivity index (χ0) is 8.48. The average Bonchev–Trinajstić information content (AvgIpc) is 1.86. The molecule has 0 saturated carbocycles. The Hall–Kier alpha value is 0.696. The molecule has 0 aromatic carbocycles. The molecule has 1 aromatic heterocycles. The summed E-state index contributed by atoms with van der Waals surface area (Å²) in [5.41, 5.74) is 0.900. The second-order valence-electron chi connectivity index (χ2n) is 2.22. The predicted octanol–water partition coefficient (Wildman–Crippen LogP) is -0.343. The van der Waals surface area contributed by atoms with E-state index in [0.717, 1.165) is 5.56 Å². The van der Waals surface area contributed by atoms with E-state index in [4.69, 9.17) is 5.14 Å². The largest absolute Gasteiger partial charge is 0.255 e. The molecule has 4 nitrogen and oxygen atoms in total. The van der Waals surface area contributed by atoms with E-state index >= 15 is 0 Å². The number of pyridine rings is 1. The van der Waals surface area contributed by atoms with Gasteiger partial charge in [-0.1, -0.05) is 6.07 Å². The van der Waals surface area contributed by atoms with Crippen LogP contribution in [0, 0.1) is 6.92 Å². The van der Waals surface area contributed by atoms with Gasteiger partial charge >= 0.3 is 0 Å². The second-order valence-corrected chi connectivity index (χ2v) is 3.73.